The number of rotatable bonds is 5. The van der Waals surface area contributed by atoms with Crippen molar-refractivity contribution in [3.05, 3.63) is 35.9 Å². The molecule has 104 valence electrons. The van der Waals surface area contributed by atoms with Gasteiger partial charge < -0.3 is 15.2 Å². The molecule has 19 heavy (non-hydrogen) atoms. The highest BCUT2D eigenvalue weighted by atomic mass is 16.5. The largest absolute Gasteiger partial charge is 0.480 e. The van der Waals surface area contributed by atoms with Crippen LogP contribution in [0.3, 0.4) is 0 Å². The molecule has 0 aliphatic carbocycles. The molecule has 0 radical (unpaired) electrons. The molecule has 2 rings (SSSR count). The van der Waals surface area contributed by atoms with E-state index in [9.17, 15) is 9.90 Å². The van der Waals surface area contributed by atoms with Crippen LogP contribution >= 0.6 is 0 Å². The molecule has 1 fully saturated rings. The summed E-state index contributed by atoms with van der Waals surface area (Å²) in [5, 5.41) is 12.7. The predicted octanol–water partition coefficient (Wildman–Crippen LogP) is 0.518. The van der Waals surface area contributed by atoms with Gasteiger partial charge in [-0.25, -0.2) is 4.79 Å². The van der Waals surface area contributed by atoms with E-state index in [-0.39, 0.29) is 0 Å². The maximum Gasteiger partial charge on any atom is 0.329 e. The summed E-state index contributed by atoms with van der Waals surface area (Å²) in [6.07, 6.45) is 0. The van der Waals surface area contributed by atoms with Crippen LogP contribution in [-0.2, 0) is 15.1 Å². The SMILES string of the molecule is CNC(CN1CCOCC1)(C(=O)O)c1ccccc1. The summed E-state index contributed by atoms with van der Waals surface area (Å²) in [5.41, 5.74) is -0.296. The molecule has 1 aliphatic rings. The van der Waals surface area contributed by atoms with Gasteiger partial charge >= 0.3 is 5.97 Å². The van der Waals surface area contributed by atoms with Gasteiger partial charge in [0.05, 0.1) is 13.2 Å². The first-order chi connectivity index (χ1) is 9.19. The van der Waals surface area contributed by atoms with Gasteiger partial charge in [0.1, 0.15) is 0 Å². The lowest BCUT2D eigenvalue weighted by Crippen LogP contribution is -2.56. The van der Waals surface area contributed by atoms with Gasteiger partial charge in [-0.3, -0.25) is 4.90 Å². The van der Waals surface area contributed by atoms with Crippen LogP contribution in [0.1, 0.15) is 5.56 Å². The number of morpholine rings is 1. The Morgan fingerprint density at radius 1 is 1.37 bits per heavy atom. The Balaban J connectivity index is 2.26. The van der Waals surface area contributed by atoms with Gasteiger partial charge in [-0.2, -0.15) is 0 Å². The van der Waals surface area contributed by atoms with Crippen molar-refractivity contribution in [3.63, 3.8) is 0 Å². The summed E-state index contributed by atoms with van der Waals surface area (Å²) in [6, 6.07) is 9.32. The predicted molar refractivity (Wildman–Crippen MR) is 72.1 cm³/mol. The second-order valence-electron chi connectivity index (χ2n) is 4.72. The van der Waals surface area contributed by atoms with E-state index in [1.807, 2.05) is 30.3 Å². The average Bonchev–Trinajstić information content (AvgIpc) is 2.46. The second kappa shape index (κ2) is 6.14. The summed E-state index contributed by atoms with van der Waals surface area (Å²) >= 11 is 0. The van der Waals surface area contributed by atoms with Crippen LogP contribution in [0.2, 0.25) is 0 Å². The van der Waals surface area contributed by atoms with E-state index in [4.69, 9.17) is 4.74 Å². The molecular formula is C14H20N2O3. The number of hydrogen-bond donors (Lipinski definition) is 2. The van der Waals surface area contributed by atoms with Gasteiger partial charge in [-0.1, -0.05) is 30.3 Å². The summed E-state index contributed by atoms with van der Waals surface area (Å²) in [7, 11) is 1.70. The van der Waals surface area contributed by atoms with E-state index in [1.54, 1.807) is 7.05 Å². The van der Waals surface area contributed by atoms with E-state index < -0.39 is 11.5 Å². The Morgan fingerprint density at radius 2 is 2.00 bits per heavy atom. The highest BCUT2D eigenvalue weighted by Gasteiger charge is 2.40. The van der Waals surface area contributed by atoms with Crippen LogP contribution in [0.25, 0.3) is 0 Å². The number of carboxylic acids is 1. The Morgan fingerprint density at radius 3 is 2.53 bits per heavy atom. The number of nitrogens with zero attached hydrogens (tertiary/aromatic N) is 1. The first kappa shape index (κ1) is 14.0. The number of ether oxygens (including phenoxy) is 1. The number of benzene rings is 1. The molecule has 5 heteroatoms. The number of likely N-dealkylation sites (N-methyl/N-ethyl adjacent to an activating group) is 1. The van der Waals surface area contributed by atoms with Crippen molar-refractivity contribution in [1.29, 1.82) is 0 Å². The molecule has 0 aromatic heterocycles. The van der Waals surface area contributed by atoms with Gasteiger partial charge in [0, 0.05) is 19.6 Å². The van der Waals surface area contributed by atoms with Crippen LogP contribution < -0.4 is 5.32 Å². The molecular weight excluding hydrogens is 244 g/mol. The quantitative estimate of drug-likeness (QED) is 0.812. The molecule has 0 saturated carbocycles. The van der Waals surface area contributed by atoms with E-state index in [1.165, 1.54) is 0 Å². The minimum Gasteiger partial charge on any atom is -0.480 e. The topological polar surface area (TPSA) is 61.8 Å². The lowest BCUT2D eigenvalue weighted by molar-refractivity contribution is -0.146. The first-order valence-corrected chi connectivity index (χ1v) is 6.47. The minimum atomic E-state index is -1.07. The van der Waals surface area contributed by atoms with Gasteiger partial charge in [0.2, 0.25) is 0 Å². The number of carboxylic acid groups (broad SMARTS) is 1. The van der Waals surface area contributed by atoms with Crippen molar-refractivity contribution in [2.75, 3.05) is 39.9 Å². The molecule has 2 N–H and O–H groups in total. The van der Waals surface area contributed by atoms with Crippen LogP contribution in [0, 0.1) is 0 Å². The fourth-order valence-corrected chi connectivity index (χ4v) is 2.43. The highest BCUT2D eigenvalue weighted by molar-refractivity contribution is 5.81. The zero-order valence-corrected chi connectivity index (χ0v) is 11.1. The van der Waals surface area contributed by atoms with E-state index in [0.29, 0.717) is 19.8 Å². The monoisotopic (exact) mass is 264 g/mol. The Hall–Kier alpha value is -1.43. The molecule has 5 nitrogen and oxygen atoms in total. The number of hydrogen-bond acceptors (Lipinski definition) is 4. The number of aliphatic carboxylic acids is 1. The van der Waals surface area contributed by atoms with Crippen molar-refractivity contribution in [2.45, 2.75) is 5.54 Å². The van der Waals surface area contributed by atoms with Gasteiger partial charge in [0.25, 0.3) is 0 Å². The molecule has 1 aromatic carbocycles. The fourth-order valence-electron chi connectivity index (χ4n) is 2.43. The zero-order valence-electron chi connectivity index (χ0n) is 11.1. The van der Waals surface area contributed by atoms with Gasteiger partial charge in [0.15, 0.2) is 5.54 Å². The van der Waals surface area contributed by atoms with E-state index in [2.05, 4.69) is 10.2 Å². The highest BCUT2D eigenvalue weighted by Crippen LogP contribution is 2.23. The maximum absolute atomic E-state index is 11.8. The lowest BCUT2D eigenvalue weighted by atomic mass is 9.89. The Labute approximate surface area is 113 Å². The van der Waals surface area contributed by atoms with Crippen molar-refractivity contribution in [3.8, 4) is 0 Å². The molecule has 1 aromatic rings. The first-order valence-electron chi connectivity index (χ1n) is 6.47. The standard InChI is InChI=1S/C14H20N2O3/c1-15-14(13(17)18,12-5-3-2-4-6-12)11-16-7-9-19-10-8-16/h2-6,15H,7-11H2,1H3,(H,17,18). The number of carbonyl (C=O) groups is 1. The third-order valence-corrected chi connectivity index (χ3v) is 3.62. The van der Waals surface area contributed by atoms with E-state index >= 15 is 0 Å². The minimum absolute atomic E-state index is 0.437. The van der Waals surface area contributed by atoms with Gasteiger partial charge in [-0.05, 0) is 12.6 Å². The summed E-state index contributed by atoms with van der Waals surface area (Å²) < 4.78 is 5.30. The summed E-state index contributed by atoms with van der Waals surface area (Å²) in [5.74, 6) is -0.854. The molecule has 1 saturated heterocycles. The Bertz CT molecular complexity index is 418. The molecule has 0 spiro atoms. The Kier molecular flexibility index (Phi) is 4.52. The van der Waals surface area contributed by atoms with Crippen molar-refractivity contribution < 1.29 is 14.6 Å². The normalized spacial score (nSPS) is 19.8. The van der Waals surface area contributed by atoms with Crippen molar-refractivity contribution in [1.82, 2.24) is 10.2 Å². The van der Waals surface area contributed by atoms with Gasteiger partial charge in [-0.15, -0.1) is 0 Å². The van der Waals surface area contributed by atoms with Crippen LogP contribution in [-0.4, -0.2) is 55.9 Å². The molecule has 1 unspecified atom stereocenters. The molecule has 1 aliphatic heterocycles. The lowest BCUT2D eigenvalue weighted by Gasteiger charge is -2.37. The third kappa shape index (κ3) is 2.94. The van der Waals surface area contributed by atoms with E-state index in [0.717, 1.165) is 18.7 Å². The van der Waals surface area contributed by atoms with Crippen molar-refractivity contribution >= 4 is 5.97 Å². The van der Waals surface area contributed by atoms with Crippen molar-refractivity contribution in [2.24, 2.45) is 0 Å². The second-order valence-corrected chi connectivity index (χ2v) is 4.72. The van der Waals surface area contributed by atoms with Crippen LogP contribution in [0.4, 0.5) is 0 Å². The summed E-state index contributed by atoms with van der Waals surface area (Å²) in [4.78, 5) is 13.9. The maximum atomic E-state index is 11.8. The summed E-state index contributed by atoms with van der Waals surface area (Å²) in [6.45, 7) is 3.29. The molecule has 0 amide bonds. The fraction of sp³-hybridized carbons (Fsp3) is 0.500. The van der Waals surface area contributed by atoms with Crippen LogP contribution in [0.5, 0.6) is 0 Å². The molecule has 1 heterocycles. The smallest absolute Gasteiger partial charge is 0.329 e. The average molecular weight is 264 g/mol. The molecule has 0 bridgehead atoms. The van der Waals surface area contributed by atoms with Crippen LogP contribution in [0.15, 0.2) is 30.3 Å². The molecule has 1 atom stereocenters. The third-order valence-electron chi connectivity index (χ3n) is 3.62. The zero-order chi connectivity index (χ0) is 13.7. The number of nitrogens with one attached hydrogen (secondary N) is 1.